The van der Waals surface area contributed by atoms with Crippen molar-refractivity contribution < 1.29 is 340 Å². The molecule has 36 nitrogen and oxygen atoms in total. The van der Waals surface area contributed by atoms with Gasteiger partial charge in [-0.2, -0.15) is 0 Å². The van der Waals surface area contributed by atoms with Crippen LogP contribution in [0.2, 0.25) is 0 Å². The Morgan fingerprint density at radius 1 is 0.274 bits per heavy atom. The normalized spacial score (nSPS) is 7.39. The van der Waals surface area contributed by atoms with Crippen LogP contribution in [0.15, 0.2) is 0 Å². The fourth-order valence-electron chi connectivity index (χ4n) is 3.35. The maximum absolute atomic E-state index is 10.4. The van der Waals surface area contributed by atoms with E-state index >= 15 is 0 Å². The van der Waals surface area contributed by atoms with Crippen LogP contribution in [0.5, 0.6) is 0 Å². The molecule has 0 saturated heterocycles. The summed E-state index contributed by atoms with van der Waals surface area (Å²) in [5.74, 6) is -11.8. The molecule has 0 fully saturated rings. The molecule has 0 unspecified atom stereocenters. The molecule has 0 aromatic rings. The van der Waals surface area contributed by atoms with E-state index in [0.29, 0.717) is 0 Å². The summed E-state index contributed by atoms with van der Waals surface area (Å²) in [7, 11) is 0. The van der Waals surface area contributed by atoms with Gasteiger partial charge in [0.05, 0.1) is 47.8 Å². The smallest absolute Gasteiger partial charge is 0.549 e. The first kappa shape index (κ1) is 137. The Morgan fingerprint density at radius 2 is 0.355 bits per heavy atom. The first-order chi connectivity index (χ1) is 20.4. The molecule has 0 atom stereocenters. The van der Waals surface area contributed by atoms with E-state index < -0.39 is 100 Å². The Kier molecular flexibility index (Phi) is 196. The summed E-state index contributed by atoms with van der Waals surface area (Å²) in [6, 6.07) is 0. The van der Waals surface area contributed by atoms with Gasteiger partial charge in [-0.3, -0.25) is 30.1 Å². The Bertz CT molecular complexity index is 776. The number of rotatable bonds is 24. The Hall–Kier alpha value is 0.622. The van der Waals surface area contributed by atoms with Gasteiger partial charge in [0.25, 0.3) is 0 Å². The van der Waals surface area contributed by atoms with Crippen molar-refractivity contribution in [2.75, 3.05) is 78.5 Å². The van der Waals surface area contributed by atoms with Crippen molar-refractivity contribution in [1.29, 1.82) is 0 Å². The van der Waals surface area contributed by atoms with Crippen LogP contribution in [-0.2, 0) is 38.4 Å². The Morgan fingerprint density at radius 3 is 0.419 bits per heavy atom. The van der Waals surface area contributed by atoms with Crippen LogP contribution in [0.4, 0.5) is 0 Å². The first-order valence-corrected chi connectivity index (χ1v) is 12.1. The molecular weight excluding hydrogens is 1190 g/mol. The van der Waals surface area contributed by atoms with E-state index in [2.05, 4.69) is 0 Å². The second-order valence-corrected chi connectivity index (χ2v) is 8.53. The molecule has 0 amide bonds. The molecular formula is C22H58K2La2N4O32. The van der Waals surface area contributed by atoms with Gasteiger partial charge < -0.3 is 156 Å². The summed E-state index contributed by atoms with van der Waals surface area (Å²) >= 11 is 0. The van der Waals surface area contributed by atoms with Crippen LogP contribution in [0.1, 0.15) is 12.8 Å². The Labute approximate surface area is 491 Å². The van der Waals surface area contributed by atoms with Crippen molar-refractivity contribution in [3.8, 4) is 0 Å². The molecule has 0 aliphatic rings. The minimum atomic E-state index is -1.47. The van der Waals surface area contributed by atoms with Crippen LogP contribution in [-0.4, -0.2) is 233 Å². The van der Waals surface area contributed by atoms with E-state index in [9.17, 15) is 79.2 Å². The molecule has 0 rings (SSSR count). The predicted molar refractivity (Wildman–Crippen MR) is 171 cm³/mol. The molecule has 40 heteroatoms. The maximum atomic E-state index is 10.4. The molecule has 62 heavy (non-hydrogen) atoms. The molecule has 0 spiro atoms. The van der Waals surface area contributed by atoms with Crippen molar-refractivity contribution in [2.24, 2.45) is 0 Å². The maximum Gasteiger partial charge on any atom is 3.00 e. The van der Waals surface area contributed by atoms with Crippen LogP contribution < -0.4 is 144 Å². The zero-order chi connectivity index (χ0) is 34.8. The van der Waals surface area contributed by atoms with E-state index in [1.54, 1.807) is 0 Å². The number of carboxylic acid groups (broad SMARTS) is 8. The SMILES string of the molecule is O.O.O.O.O.O.O.O.O.O.O.O.O.O.O=C([O-])CN(CCCN(CC(=O)[O-])CC(=O)[O-])CC(=O)[O-].O=C([O-])CN(CCCN(CC(=O)[O-])CC(=O)[O-])CC(=O)[O-].OO.[K+].[K+].[La+3].[La+3]. The zero-order valence-electron chi connectivity index (χ0n) is 33.3. The van der Waals surface area contributed by atoms with E-state index in [0.717, 1.165) is 19.6 Å². The third-order valence-corrected chi connectivity index (χ3v) is 4.72. The quantitative estimate of drug-likeness (QED) is 0.0515. The second kappa shape index (κ2) is 88.4. The average molecular weight is 1250 g/mol. The molecule has 0 aliphatic carbocycles. The molecule has 0 bridgehead atoms. The zero-order valence-corrected chi connectivity index (χ0v) is 46.8. The molecule has 366 valence electrons. The van der Waals surface area contributed by atoms with Crippen LogP contribution in [0.3, 0.4) is 0 Å². The minimum Gasteiger partial charge on any atom is -0.549 e. The van der Waals surface area contributed by atoms with Crippen LogP contribution in [0.25, 0.3) is 0 Å². The van der Waals surface area contributed by atoms with Gasteiger partial charge in [-0.1, -0.05) is 0 Å². The Balaban J connectivity index is -0.0000000214. The number of carbonyl (C=O) groups is 8. The summed E-state index contributed by atoms with van der Waals surface area (Å²) in [5.41, 5.74) is 0. The molecule has 0 heterocycles. The van der Waals surface area contributed by atoms with Crippen molar-refractivity contribution in [1.82, 2.24) is 19.6 Å². The van der Waals surface area contributed by atoms with Crippen molar-refractivity contribution in [3.05, 3.63) is 0 Å². The standard InChI is InChI=1S/2C11H18N2O8.2K.2La.H2O2.14H2O/c2*14-8(15)4-12(5-9(16)17)2-1-3-13(6-10(18)19)7-11(20)21;;;;;1-2;;;;;;;;;;;;;;/h2*1-7H2,(H,14,15)(H,16,17)(H,18,19)(H,20,21);;;;;1-2H;14*1H2/q;;2*+1;2*+3;;;;;;;;;;;;;;;/p-8. The van der Waals surface area contributed by atoms with E-state index in [1.165, 1.54) is 0 Å². The average Bonchev–Trinajstić information content (AvgIpc) is 2.82. The summed E-state index contributed by atoms with van der Waals surface area (Å²) in [6.07, 6.45) is 0.280. The van der Waals surface area contributed by atoms with E-state index in [4.69, 9.17) is 10.5 Å². The third-order valence-electron chi connectivity index (χ3n) is 4.72. The molecule has 30 N–H and O–H groups in total. The number of carboxylic acids is 8. The second-order valence-electron chi connectivity index (χ2n) is 8.53. The molecule has 0 aromatic heterocycles. The first-order valence-electron chi connectivity index (χ1n) is 12.1. The fraction of sp³-hybridized carbons (Fsp3) is 0.636. The molecule has 0 radical (unpaired) electrons. The van der Waals surface area contributed by atoms with Gasteiger partial charge in [0.1, 0.15) is 0 Å². The largest absolute Gasteiger partial charge is 3.00 e. The number of carbonyl (C=O) groups excluding carboxylic acids is 8. The molecule has 0 aromatic carbocycles. The number of hydrogen-bond acceptors (Lipinski definition) is 22. The van der Waals surface area contributed by atoms with Crippen LogP contribution in [0, 0.1) is 71.2 Å². The summed E-state index contributed by atoms with van der Waals surface area (Å²) in [5, 5.41) is 95.4. The summed E-state index contributed by atoms with van der Waals surface area (Å²) in [6.45, 7) is -5.10. The topological polar surface area (TPSA) is 815 Å². The number of aliphatic carboxylic acids is 8. The van der Waals surface area contributed by atoms with E-state index in [1.807, 2.05) is 0 Å². The van der Waals surface area contributed by atoms with Gasteiger partial charge in [0.15, 0.2) is 0 Å². The number of hydrogen-bond donors (Lipinski definition) is 2. The molecule has 0 saturated carbocycles. The molecule has 0 aliphatic heterocycles. The monoisotopic (exact) mass is 1250 g/mol. The van der Waals surface area contributed by atoms with Crippen molar-refractivity contribution in [3.63, 3.8) is 0 Å². The van der Waals surface area contributed by atoms with Crippen molar-refractivity contribution >= 4 is 47.8 Å². The minimum absolute atomic E-state index is 0. The third kappa shape index (κ3) is 108. The fourth-order valence-corrected chi connectivity index (χ4v) is 3.35. The van der Waals surface area contributed by atoms with Crippen LogP contribution >= 0.6 is 0 Å². The van der Waals surface area contributed by atoms with Gasteiger partial charge in [0.2, 0.25) is 0 Å². The van der Waals surface area contributed by atoms with Gasteiger partial charge in [-0.05, 0) is 12.8 Å². The van der Waals surface area contributed by atoms with Gasteiger partial charge in [-0.25, -0.2) is 0 Å². The number of nitrogens with zero attached hydrogens (tertiary/aromatic N) is 4. The van der Waals surface area contributed by atoms with E-state index in [-0.39, 0.29) is 290 Å². The predicted octanol–water partition coefficient (Wildman–Crippen LogP) is -31.6. The summed E-state index contributed by atoms with van der Waals surface area (Å²) in [4.78, 5) is 87.5. The van der Waals surface area contributed by atoms with Crippen molar-refractivity contribution in [2.45, 2.75) is 12.8 Å². The van der Waals surface area contributed by atoms with Gasteiger partial charge in [-0.15, -0.1) is 0 Å². The van der Waals surface area contributed by atoms with Gasteiger partial charge in [0, 0.05) is 78.5 Å². The summed E-state index contributed by atoms with van der Waals surface area (Å²) < 4.78 is 0. The van der Waals surface area contributed by atoms with Gasteiger partial charge >= 0.3 is 174 Å².